The van der Waals surface area contributed by atoms with E-state index < -0.39 is 0 Å². The third-order valence-corrected chi connectivity index (χ3v) is 2.55. The summed E-state index contributed by atoms with van der Waals surface area (Å²) >= 11 is 0. The average molecular weight is 241 g/mol. The maximum Gasteiger partial charge on any atom is 0.168 e. The highest BCUT2D eigenvalue weighted by atomic mass is 19.1. The van der Waals surface area contributed by atoms with Crippen molar-refractivity contribution >= 4 is 0 Å². The fourth-order valence-corrected chi connectivity index (χ4v) is 1.61. The van der Waals surface area contributed by atoms with Crippen LogP contribution in [0.4, 0.5) is 4.39 Å². The van der Waals surface area contributed by atoms with E-state index in [2.05, 4.69) is 5.32 Å². The number of rotatable bonds is 8. The second kappa shape index (κ2) is 8.03. The fourth-order valence-electron chi connectivity index (χ4n) is 1.61. The molecule has 0 saturated carbocycles. The van der Waals surface area contributed by atoms with E-state index in [9.17, 15) is 4.39 Å². The first kappa shape index (κ1) is 13.9. The van der Waals surface area contributed by atoms with Gasteiger partial charge in [-0.2, -0.15) is 0 Å². The quantitative estimate of drug-likeness (QED) is 0.706. The number of halogens is 1. The Morgan fingerprint density at radius 2 is 2.06 bits per heavy atom. The zero-order valence-electron chi connectivity index (χ0n) is 10.5. The van der Waals surface area contributed by atoms with Crippen molar-refractivity contribution in [1.82, 2.24) is 5.32 Å². The zero-order valence-corrected chi connectivity index (χ0v) is 10.5. The van der Waals surface area contributed by atoms with Crippen LogP contribution in [0.3, 0.4) is 0 Å². The molecule has 0 amide bonds. The van der Waals surface area contributed by atoms with Crippen LogP contribution in [0, 0.1) is 5.82 Å². The van der Waals surface area contributed by atoms with Crippen molar-refractivity contribution in [2.75, 3.05) is 33.9 Å². The molecule has 3 nitrogen and oxygen atoms in total. The van der Waals surface area contributed by atoms with Crippen LogP contribution in [0.5, 0.6) is 5.75 Å². The molecule has 0 unspecified atom stereocenters. The summed E-state index contributed by atoms with van der Waals surface area (Å²) in [6.07, 6.45) is 1.61. The second-order valence-electron chi connectivity index (χ2n) is 3.78. The van der Waals surface area contributed by atoms with Gasteiger partial charge in [-0.15, -0.1) is 0 Å². The first-order valence-electron chi connectivity index (χ1n) is 5.80. The molecule has 0 aliphatic carbocycles. The van der Waals surface area contributed by atoms with Gasteiger partial charge >= 0.3 is 0 Å². The highest BCUT2D eigenvalue weighted by Crippen LogP contribution is 2.20. The summed E-state index contributed by atoms with van der Waals surface area (Å²) in [4.78, 5) is 0. The van der Waals surface area contributed by atoms with Gasteiger partial charge in [0.2, 0.25) is 0 Å². The Bertz CT molecular complexity index is 331. The van der Waals surface area contributed by atoms with Gasteiger partial charge in [0.1, 0.15) is 0 Å². The minimum atomic E-state index is -0.244. The van der Waals surface area contributed by atoms with Gasteiger partial charge in [-0.25, -0.2) is 4.39 Å². The van der Waals surface area contributed by atoms with Crippen LogP contribution in [0.25, 0.3) is 0 Å². The standard InChI is InChI=1S/C13H20FNO2/c1-16-10-9-15-8-4-6-11-5-3-7-12(17-2)13(11)14/h3,5,7,15H,4,6,8-10H2,1-2H3. The third kappa shape index (κ3) is 4.71. The van der Waals surface area contributed by atoms with E-state index in [4.69, 9.17) is 9.47 Å². The summed E-state index contributed by atoms with van der Waals surface area (Å²) in [6, 6.07) is 5.25. The Morgan fingerprint density at radius 1 is 1.24 bits per heavy atom. The molecule has 4 heteroatoms. The normalized spacial score (nSPS) is 10.5. The maximum atomic E-state index is 13.7. The van der Waals surface area contributed by atoms with Gasteiger partial charge in [-0.1, -0.05) is 12.1 Å². The van der Waals surface area contributed by atoms with Crippen molar-refractivity contribution in [3.05, 3.63) is 29.6 Å². The maximum absolute atomic E-state index is 13.7. The molecule has 0 heterocycles. The average Bonchev–Trinajstić information content (AvgIpc) is 2.35. The van der Waals surface area contributed by atoms with Crippen LogP contribution < -0.4 is 10.1 Å². The van der Waals surface area contributed by atoms with Gasteiger partial charge in [0, 0.05) is 13.7 Å². The van der Waals surface area contributed by atoms with Crippen LogP contribution >= 0.6 is 0 Å². The Labute approximate surface area is 102 Å². The summed E-state index contributed by atoms with van der Waals surface area (Å²) in [5.74, 6) is 0.0710. The van der Waals surface area contributed by atoms with Gasteiger partial charge in [0.15, 0.2) is 11.6 Å². The highest BCUT2D eigenvalue weighted by Gasteiger charge is 2.07. The molecule has 0 aliphatic rings. The minimum absolute atomic E-state index is 0.244. The summed E-state index contributed by atoms with van der Waals surface area (Å²) in [6.45, 7) is 2.39. The molecule has 96 valence electrons. The Morgan fingerprint density at radius 3 is 2.76 bits per heavy atom. The number of aryl methyl sites for hydroxylation is 1. The molecular weight excluding hydrogens is 221 g/mol. The predicted octanol–water partition coefficient (Wildman–Crippen LogP) is 2.00. The van der Waals surface area contributed by atoms with Gasteiger partial charge in [0.05, 0.1) is 13.7 Å². The monoisotopic (exact) mass is 241 g/mol. The molecule has 0 spiro atoms. The molecule has 0 radical (unpaired) electrons. The Balaban J connectivity index is 2.31. The third-order valence-electron chi connectivity index (χ3n) is 2.55. The SMILES string of the molecule is COCCNCCCc1cccc(OC)c1F. The topological polar surface area (TPSA) is 30.5 Å². The Hall–Kier alpha value is -1.13. The van der Waals surface area contributed by atoms with Gasteiger partial charge in [-0.05, 0) is 31.0 Å². The number of hydrogen-bond donors (Lipinski definition) is 1. The van der Waals surface area contributed by atoms with E-state index in [0.717, 1.165) is 19.5 Å². The first-order chi connectivity index (χ1) is 8.29. The molecule has 0 saturated heterocycles. The summed E-state index contributed by atoms with van der Waals surface area (Å²) in [5.41, 5.74) is 0.706. The Kier molecular flexibility index (Phi) is 6.58. The summed E-state index contributed by atoms with van der Waals surface area (Å²) in [5, 5.41) is 3.23. The van der Waals surface area contributed by atoms with Crippen LogP contribution in [0.15, 0.2) is 18.2 Å². The van der Waals surface area contributed by atoms with E-state index in [1.807, 2.05) is 6.07 Å². The van der Waals surface area contributed by atoms with Gasteiger partial charge in [-0.3, -0.25) is 0 Å². The van der Waals surface area contributed by atoms with Crippen LogP contribution in [-0.4, -0.2) is 33.9 Å². The van der Waals surface area contributed by atoms with E-state index in [0.29, 0.717) is 24.3 Å². The lowest BCUT2D eigenvalue weighted by molar-refractivity contribution is 0.199. The van der Waals surface area contributed by atoms with Crippen molar-refractivity contribution in [3.63, 3.8) is 0 Å². The summed E-state index contributed by atoms with van der Waals surface area (Å²) < 4.78 is 23.6. The van der Waals surface area contributed by atoms with E-state index in [1.165, 1.54) is 7.11 Å². The fraction of sp³-hybridized carbons (Fsp3) is 0.538. The van der Waals surface area contributed by atoms with Crippen LogP contribution in [0.1, 0.15) is 12.0 Å². The number of hydrogen-bond acceptors (Lipinski definition) is 3. The first-order valence-corrected chi connectivity index (χ1v) is 5.80. The number of ether oxygens (including phenoxy) is 2. The van der Waals surface area contributed by atoms with Crippen molar-refractivity contribution in [2.45, 2.75) is 12.8 Å². The molecule has 0 bridgehead atoms. The molecule has 1 aromatic rings. The van der Waals surface area contributed by atoms with Crippen molar-refractivity contribution in [1.29, 1.82) is 0 Å². The zero-order chi connectivity index (χ0) is 12.5. The molecule has 17 heavy (non-hydrogen) atoms. The minimum Gasteiger partial charge on any atom is -0.494 e. The smallest absolute Gasteiger partial charge is 0.168 e. The number of benzene rings is 1. The van der Waals surface area contributed by atoms with Crippen LogP contribution in [-0.2, 0) is 11.2 Å². The lowest BCUT2D eigenvalue weighted by Crippen LogP contribution is -2.20. The molecule has 0 atom stereocenters. The molecule has 1 rings (SSSR count). The number of methoxy groups -OCH3 is 2. The molecule has 0 aromatic heterocycles. The van der Waals surface area contributed by atoms with Gasteiger partial charge in [0.25, 0.3) is 0 Å². The van der Waals surface area contributed by atoms with E-state index >= 15 is 0 Å². The molecule has 0 fully saturated rings. The van der Waals surface area contributed by atoms with Crippen molar-refractivity contribution < 1.29 is 13.9 Å². The van der Waals surface area contributed by atoms with E-state index in [-0.39, 0.29) is 5.82 Å². The molecule has 0 aliphatic heterocycles. The van der Waals surface area contributed by atoms with E-state index in [1.54, 1.807) is 19.2 Å². The van der Waals surface area contributed by atoms with Crippen molar-refractivity contribution in [3.8, 4) is 5.75 Å². The van der Waals surface area contributed by atoms with Gasteiger partial charge < -0.3 is 14.8 Å². The number of nitrogens with one attached hydrogen (secondary N) is 1. The predicted molar refractivity (Wildman–Crippen MR) is 66.0 cm³/mol. The second-order valence-corrected chi connectivity index (χ2v) is 3.78. The highest BCUT2D eigenvalue weighted by molar-refractivity contribution is 5.31. The molecule has 1 aromatic carbocycles. The summed E-state index contributed by atoms with van der Waals surface area (Å²) in [7, 11) is 3.15. The lowest BCUT2D eigenvalue weighted by atomic mass is 10.1. The van der Waals surface area contributed by atoms with Crippen LogP contribution in [0.2, 0.25) is 0 Å². The molecule has 1 N–H and O–H groups in total. The largest absolute Gasteiger partial charge is 0.494 e. The van der Waals surface area contributed by atoms with Crippen molar-refractivity contribution in [2.24, 2.45) is 0 Å². The lowest BCUT2D eigenvalue weighted by Gasteiger charge is -2.07. The molecular formula is C13H20FNO2.